The lowest BCUT2D eigenvalue weighted by Gasteiger charge is -1.69. The van der Waals surface area contributed by atoms with E-state index in [0.717, 1.165) is 0 Å². The molecule has 0 rings (SSSR count). The molecule has 0 heterocycles. The molecule has 0 aliphatic heterocycles. The Kier molecular flexibility index (Phi) is 16.3. The second kappa shape index (κ2) is 11.3. The van der Waals surface area contributed by atoms with Crippen molar-refractivity contribution in [2.45, 2.75) is 0 Å². The Balaban J connectivity index is -0.0000000739. The molecule has 0 saturated heterocycles. The van der Waals surface area contributed by atoms with Crippen LogP contribution in [0.4, 0.5) is 0 Å². The first kappa shape index (κ1) is 25.9. The molecule has 0 bridgehead atoms. The van der Waals surface area contributed by atoms with Crippen molar-refractivity contribution in [1.82, 2.24) is 0 Å². The van der Waals surface area contributed by atoms with Crippen molar-refractivity contribution in [3.63, 3.8) is 0 Å². The van der Waals surface area contributed by atoms with Crippen LogP contribution in [0.2, 0.25) is 0 Å². The zero-order valence-corrected chi connectivity index (χ0v) is 11.9. The molecule has 0 amide bonds. The van der Waals surface area contributed by atoms with Gasteiger partial charge in [-0.15, -0.1) is 0 Å². The second-order valence-electron chi connectivity index (χ2n) is 2.30. The molecule has 4 N–H and O–H groups in total. The van der Waals surface area contributed by atoms with Gasteiger partial charge >= 0.3 is 0 Å². The molecular formula is C4H14O11S3. The predicted octanol–water partition coefficient (Wildman–Crippen LogP) is -1.79. The largest absolute Gasteiger partial charge is 0.483 e. The van der Waals surface area contributed by atoms with Crippen molar-refractivity contribution in [3.05, 3.63) is 0 Å². The van der Waals surface area contributed by atoms with Crippen molar-refractivity contribution in [3.8, 4) is 0 Å². The van der Waals surface area contributed by atoms with Crippen molar-refractivity contribution in [1.29, 1.82) is 0 Å². The van der Waals surface area contributed by atoms with E-state index in [0.29, 0.717) is 18.8 Å². The summed E-state index contributed by atoms with van der Waals surface area (Å²) in [5, 5.41) is 6.89. The van der Waals surface area contributed by atoms with Crippen molar-refractivity contribution in [2.24, 2.45) is 0 Å². The zero-order chi connectivity index (χ0) is 16.2. The highest BCUT2D eigenvalue weighted by atomic mass is 32.2. The van der Waals surface area contributed by atoms with Gasteiger partial charge in [0.05, 0.1) is 18.8 Å². The third kappa shape index (κ3) is 4790. The quantitative estimate of drug-likeness (QED) is 0.288. The second-order valence-corrected chi connectivity index (χ2v) is 6.70. The first-order valence-electron chi connectivity index (χ1n) is 3.27. The summed E-state index contributed by atoms with van der Waals surface area (Å²) in [7, 11) is -11.0. The number of carbonyl (C=O) groups is 1. The van der Waals surface area contributed by atoms with E-state index in [1.165, 1.54) is 0 Å². The summed E-state index contributed by atoms with van der Waals surface area (Å²) in [6.07, 6.45) is 2.15. The standard InChI is InChI=1S/3CH4O3S.CH2O2/c3*1-5(2,3)4;2-1-3/h3*1H3,(H,2,3,4);1H,(H,2,3). The number of hydrogen-bond acceptors (Lipinski definition) is 7. The van der Waals surface area contributed by atoms with Crippen LogP contribution in [0.25, 0.3) is 0 Å². The van der Waals surface area contributed by atoms with Crippen molar-refractivity contribution >= 4 is 36.8 Å². The van der Waals surface area contributed by atoms with Gasteiger partial charge in [-0.1, -0.05) is 0 Å². The topological polar surface area (TPSA) is 200 Å². The molecule has 11 nitrogen and oxygen atoms in total. The predicted molar refractivity (Wildman–Crippen MR) is 61.1 cm³/mol. The molecule has 0 aliphatic carbocycles. The highest BCUT2D eigenvalue weighted by Gasteiger charge is 1.82. The van der Waals surface area contributed by atoms with Crippen LogP contribution in [-0.4, -0.2) is 69.3 Å². The third-order valence-electron chi connectivity index (χ3n) is 0. The van der Waals surface area contributed by atoms with Crippen LogP contribution >= 0.6 is 0 Å². The van der Waals surface area contributed by atoms with Crippen LogP contribution in [0.3, 0.4) is 0 Å². The van der Waals surface area contributed by atoms with E-state index >= 15 is 0 Å². The molecule has 14 heteroatoms. The van der Waals surface area contributed by atoms with Crippen LogP contribution in [0.1, 0.15) is 0 Å². The first-order chi connectivity index (χ1) is 7.41. The Hall–Kier alpha value is -0.800. The SMILES string of the molecule is CS(=O)(=O)O.CS(=O)(=O)O.CS(=O)(=O)O.O=CO. The van der Waals surface area contributed by atoms with Crippen LogP contribution in [0.15, 0.2) is 0 Å². The fraction of sp³-hybridized carbons (Fsp3) is 0.750. The fourth-order valence-corrected chi connectivity index (χ4v) is 0. The highest BCUT2D eigenvalue weighted by molar-refractivity contribution is 7.85. The molecule has 0 aromatic carbocycles. The van der Waals surface area contributed by atoms with Crippen LogP contribution < -0.4 is 0 Å². The van der Waals surface area contributed by atoms with Crippen LogP contribution in [-0.2, 0) is 35.1 Å². The average molecular weight is 334 g/mol. The molecule has 0 aliphatic rings. The maximum Gasteiger partial charge on any atom is 0.290 e. The van der Waals surface area contributed by atoms with E-state index in [-0.39, 0.29) is 6.47 Å². The fourth-order valence-electron chi connectivity index (χ4n) is 0. The molecule has 114 valence electrons. The van der Waals surface area contributed by atoms with E-state index in [4.69, 9.17) is 23.6 Å². The summed E-state index contributed by atoms with van der Waals surface area (Å²) in [6.45, 7) is -0.250. The lowest BCUT2D eigenvalue weighted by Crippen LogP contribution is -1.88. The minimum Gasteiger partial charge on any atom is -0.483 e. The Morgan fingerprint density at radius 3 is 0.667 bits per heavy atom. The first-order valence-corrected chi connectivity index (χ1v) is 8.81. The summed E-state index contributed by atoms with van der Waals surface area (Å²) >= 11 is 0. The van der Waals surface area contributed by atoms with Gasteiger partial charge in [-0.3, -0.25) is 18.5 Å². The molecule has 0 unspecified atom stereocenters. The maximum absolute atomic E-state index is 9.19. The molecule has 18 heavy (non-hydrogen) atoms. The molecule has 0 saturated carbocycles. The monoisotopic (exact) mass is 334 g/mol. The molecule has 0 fully saturated rings. The molecule has 0 atom stereocenters. The van der Waals surface area contributed by atoms with Gasteiger partial charge in [0.25, 0.3) is 36.8 Å². The van der Waals surface area contributed by atoms with Gasteiger partial charge in [0.2, 0.25) is 0 Å². The summed E-state index contributed by atoms with van der Waals surface area (Å²) < 4.78 is 77.6. The molecular weight excluding hydrogens is 320 g/mol. The van der Waals surface area contributed by atoms with Gasteiger partial charge < -0.3 is 5.11 Å². The van der Waals surface area contributed by atoms with Gasteiger partial charge in [0.1, 0.15) is 0 Å². The lowest BCUT2D eigenvalue weighted by molar-refractivity contribution is -0.122. The van der Waals surface area contributed by atoms with E-state index in [1.807, 2.05) is 0 Å². The number of rotatable bonds is 0. The van der Waals surface area contributed by atoms with Crippen LogP contribution in [0, 0.1) is 0 Å². The Morgan fingerprint density at radius 2 is 0.667 bits per heavy atom. The third-order valence-corrected chi connectivity index (χ3v) is 0. The zero-order valence-electron chi connectivity index (χ0n) is 9.45. The minimum absolute atomic E-state index is 0.250. The van der Waals surface area contributed by atoms with Gasteiger partial charge in [-0.25, -0.2) is 0 Å². The van der Waals surface area contributed by atoms with E-state index < -0.39 is 30.4 Å². The van der Waals surface area contributed by atoms with E-state index in [9.17, 15) is 25.3 Å². The molecule has 0 aromatic heterocycles. The summed E-state index contributed by atoms with van der Waals surface area (Å²) in [5.41, 5.74) is 0. The van der Waals surface area contributed by atoms with E-state index in [2.05, 4.69) is 0 Å². The van der Waals surface area contributed by atoms with Crippen molar-refractivity contribution < 1.29 is 48.8 Å². The Labute approximate surface area is 105 Å². The van der Waals surface area contributed by atoms with Gasteiger partial charge in [0, 0.05) is 0 Å². The highest BCUT2D eigenvalue weighted by Crippen LogP contribution is 1.61. The van der Waals surface area contributed by atoms with Crippen molar-refractivity contribution in [2.75, 3.05) is 18.8 Å². The van der Waals surface area contributed by atoms with Gasteiger partial charge in [-0.2, -0.15) is 25.3 Å². The minimum atomic E-state index is -3.67. The molecule has 0 aromatic rings. The summed E-state index contributed by atoms with van der Waals surface area (Å²) in [5.74, 6) is 0. The molecule has 0 radical (unpaired) electrons. The Bertz CT molecular complexity index is 385. The number of carboxylic acid groups (broad SMARTS) is 1. The van der Waals surface area contributed by atoms with Crippen LogP contribution in [0.5, 0.6) is 0 Å². The summed E-state index contributed by atoms with van der Waals surface area (Å²) in [6, 6.07) is 0. The summed E-state index contributed by atoms with van der Waals surface area (Å²) in [4.78, 5) is 8.36. The number of hydrogen-bond donors (Lipinski definition) is 4. The van der Waals surface area contributed by atoms with Gasteiger partial charge in [0.15, 0.2) is 0 Å². The maximum atomic E-state index is 9.19. The normalized spacial score (nSPS) is 10.3. The smallest absolute Gasteiger partial charge is 0.290 e. The molecule has 0 spiro atoms. The average Bonchev–Trinajstić information content (AvgIpc) is 1.71. The van der Waals surface area contributed by atoms with E-state index in [1.54, 1.807) is 0 Å². The Morgan fingerprint density at radius 1 is 0.667 bits per heavy atom. The van der Waals surface area contributed by atoms with Gasteiger partial charge in [-0.05, 0) is 0 Å². The lowest BCUT2D eigenvalue weighted by atomic mass is 11.7.